The van der Waals surface area contributed by atoms with Gasteiger partial charge in [0.2, 0.25) is 0 Å². The summed E-state index contributed by atoms with van der Waals surface area (Å²) in [5.41, 5.74) is 2.12. The van der Waals surface area contributed by atoms with Crippen LogP contribution < -0.4 is 10.0 Å². The zero-order valence-corrected chi connectivity index (χ0v) is 18.1. The van der Waals surface area contributed by atoms with Gasteiger partial charge in [-0.3, -0.25) is 9.52 Å². The van der Waals surface area contributed by atoms with Gasteiger partial charge in [-0.1, -0.05) is 39.7 Å². The van der Waals surface area contributed by atoms with Crippen LogP contribution in [-0.4, -0.2) is 14.3 Å². The number of halogens is 2. The van der Waals surface area contributed by atoms with Gasteiger partial charge in [-0.25, -0.2) is 12.8 Å². The van der Waals surface area contributed by atoms with Crippen molar-refractivity contribution in [3.05, 3.63) is 87.6 Å². The number of sulfonamides is 1. The van der Waals surface area contributed by atoms with Crippen molar-refractivity contribution in [2.24, 2.45) is 0 Å². The average Bonchev–Trinajstić information content (AvgIpc) is 2.66. The SMILES string of the molecule is Cc1ccc(NS(=O)(=O)c2ccc(C)c(C(=O)Nc3ccc(Br)cc3F)c2)cc1. The minimum atomic E-state index is -3.90. The molecule has 3 aromatic carbocycles. The maximum absolute atomic E-state index is 14.0. The zero-order chi connectivity index (χ0) is 21.2. The normalized spacial score (nSPS) is 11.2. The second-order valence-electron chi connectivity index (χ2n) is 6.53. The van der Waals surface area contributed by atoms with Crippen molar-refractivity contribution >= 4 is 43.2 Å². The van der Waals surface area contributed by atoms with E-state index in [-0.39, 0.29) is 16.1 Å². The lowest BCUT2D eigenvalue weighted by molar-refractivity contribution is 0.102. The monoisotopic (exact) mass is 476 g/mol. The molecule has 5 nitrogen and oxygen atoms in total. The van der Waals surface area contributed by atoms with Crippen LogP contribution in [0.1, 0.15) is 21.5 Å². The topological polar surface area (TPSA) is 75.3 Å². The third kappa shape index (κ3) is 5.02. The molecule has 0 saturated carbocycles. The summed E-state index contributed by atoms with van der Waals surface area (Å²) in [6.07, 6.45) is 0. The van der Waals surface area contributed by atoms with E-state index in [9.17, 15) is 17.6 Å². The molecule has 0 aliphatic carbocycles. The van der Waals surface area contributed by atoms with E-state index in [4.69, 9.17) is 0 Å². The Hall–Kier alpha value is -2.71. The molecule has 0 atom stereocenters. The lowest BCUT2D eigenvalue weighted by atomic mass is 10.1. The minimum absolute atomic E-state index is 0.00337. The Bertz CT molecular complexity index is 1180. The van der Waals surface area contributed by atoms with Gasteiger partial charge in [-0.05, 0) is 61.9 Å². The summed E-state index contributed by atoms with van der Waals surface area (Å²) in [6.45, 7) is 3.58. The Morgan fingerprint density at radius 1 is 0.966 bits per heavy atom. The molecule has 0 spiro atoms. The van der Waals surface area contributed by atoms with Crippen molar-refractivity contribution in [2.45, 2.75) is 18.7 Å². The summed E-state index contributed by atoms with van der Waals surface area (Å²) >= 11 is 3.16. The zero-order valence-electron chi connectivity index (χ0n) is 15.7. The molecule has 0 saturated heterocycles. The molecule has 0 heterocycles. The number of amides is 1. The Morgan fingerprint density at radius 2 is 1.66 bits per heavy atom. The van der Waals surface area contributed by atoms with Gasteiger partial charge in [0.05, 0.1) is 10.6 Å². The predicted molar refractivity (Wildman–Crippen MR) is 115 cm³/mol. The van der Waals surface area contributed by atoms with Gasteiger partial charge in [0, 0.05) is 15.7 Å². The van der Waals surface area contributed by atoms with Crippen LogP contribution in [-0.2, 0) is 10.0 Å². The highest BCUT2D eigenvalue weighted by atomic mass is 79.9. The van der Waals surface area contributed by atoms with Crippen LogP contribution >= 0.6 is 15.9 Å². The number of aryl methyl sites for hydroxylation is 2. The molecule has 0 bridgehead atoms. The standard InChI is InChI=1S/C21H18BrFN2O3S/c1-13-3-7-16(8-4-13)25-29(27,28)17-9-5-14(2)18(12-17)21(26)24-20-10-6-15(22)11-19(20)23/h3-12,25H,1-2H3,(H,24,26). The number of hydrogen-bond acceptors (Lipinski definition) is 3. The summed E-state index contributed by atoms with van der Waals surface area (Å²) in [6, 6.07) is 15.4. The van der Waals surface area contributed by atoms with Crippen LogP contribution in [0, 0.1) is 19.7 Å². The molecule has 2 N–H and O–H groups in total. The van der Waals surface area contributed by atoms with Gasteiger partial charge in [0.15, 0.2) is 0 Å². The fourth-order valence-electron chi connectivity index (χ4n) is 2.63. The first kappa shape index (κ1) is 21.0. The van der Waals surface area contributed by atoms with Crippen LogP contribution in [0.4, 0.5) is 15.8 Å². The van der Waals surface area contributed by atoms with Crippen molar-refractivity contribution in [2.75, 3.05) is 10.0 Å². The van der Waals surface area contributed by atoms with Gasteiger partial charge in [-0.2, -0.15) is 0 Å². The largest absolute Gasteiger partial charge is 0.319 e. The smallest absolute Gasteiger partial charge is 0.261 e. The maximum atomic E-state index is 14.0. The lowest BCUT2D eigenvalue weighted by Gasteiger charge is -2.12. The first-order chi connectivity index (χ1) is 13.7. The number of anilines is 2. The first-order valence-corrected chi connectivity index (χ1v) is 10.9. The van der Waals surface area contributed by atoms with Crippen LogP contribution in [0.15, 0.2) is 70.0 Å². The number of carbonyl (C=O) groups is 1. The summed E-state index contributed by atoms with van der Waals surface area (Å²) < 4.78 is 42.5. The van der Waals surface area contributed by atoms with Crippen molar-refractivity contribution in [1.82, 2.24) is 0 Å². The average molecular weight is 477 g/mol. The molecule has 3 aromatic rings. The van der Waals surface area contributed by atoms with E-state index in [2.05, 4.69) is 26.0 Å². The van der Waals surface area contributed by atoms with Gasteiger partial charge in [-0.15, -0.1) is 0 Å². The fourth-order valence-corrected chi connectivity index (χ4v) is 4.05. The highest BCUT2D eigenvalue weighted by Crippen LogP contribution is 2.23. The van der Waals surface area contributed by atoms with Crippen LogP contribution in [0.3, 0.4) is 0 Å². The molecule has 3 rings (SSSR count). The van der Waals surface area contributed by atoms with Crippen LogP contribution in [0.5, 0.6) is 0 Å². The van der Waals surface area contributed by atoms with Crippen molar-refractivity contribution in [1.29, 1.82) is 0 Å². The molecular formula is C21H18BrFN2O3S. The van der Waals surface area contributed by atoms with Crippen molar-refractivity contribution in [3.63, 3.8) is 0 Å². The fraction of sp³-hybridized carbons (Fsp3) is 0.0952. The van der Waals surface area contributed by atoms with Gasteiger partial charge >= 0.3 is 0 Å². The van der Waals surface area contributed by atoms with Gasteiger partial charge in [0.1, 0.15) is 5.82 Å². The number of nitrogens with one attached hydrogen (secondary N) is 2. The maximum Gasteiger partial charge on any atom is 0.261 e. The third-order valence-electron chi connectivity index (χ3n) is 4.25. The van der Waals surface area contributed by atoms with E-state index in [0.29, 0.717) is 15.7 Å². The second kappa shape index (κ2) is 8.34. The van der Waals surface area contributed by atoms with E-state index >= 15 is 0 Å². The van der Waals surface area contributed by atoms with E-state index in [1.165, 1.54) is 30.3 Å². The molecule has 1 amide bonds. The molecule has 29 heavy (non-hydrogen) atoms. The first-order valence-electron chi connectivity index (χ1n) is 8.62. The third-order valence-corrected chi connectivity index (χ3v) is 6.12. The predicted octanol–water partition coefficient (Wildman–Crippen LogP) is 5.26. The van der Waals surface area contributed by atoms with Crippen LogP contribution in [0.25, 0.3) is 0 Å². The number of benzene rings is 3. The van der Waals surface area contributed by atoms with Crippen LogP contribution in [0.2, 0.25) is 0 Å². The van der Waals surface area contributed by atoms with Gasteiger partial charge < -0.3 is 5.32 Å². The van der Waals surface area contributed by atoms with E-state index < -0.39 is 21.7 Å². The quantitative estimate of drug-likeness (QED) is 0.527. The summed E-state index contributed by atoms with van der Waals surface area (Å²) in [5.74, 6) is -1.20. The summed E-state index contributed by atoms with van der Waals surface area (Å²) in [7, 11) is -3.90. The molecule has 0 aromatic heterocycles. The highest BCUT2D eigenvalue weighted by Gasteiger charge is 2.19. The Balaban J connectivity index is 1.88. The molecule has 0 unspecified atom stereocenters. The van der Waals surface area contributed by atoms with Gasteiger partial charge in [0.25, 0.3) is 15.9 Å². The highest BCUT2D eigenvalue weighted by molar-refractivity contribution is 9.10. The Kier molecular flexibility index (Phi) is 6.04. The Morgan fingerprint density at radius 3 is 2.31 bits per heavy atom. The molecule has 150 valence electrons. The van der Waals surface area contributed by atoms with E-state index in [0.717, 1.165) is 5.56 Å². The Labute approximate surface area is 177 Å². The van der Waals surface area contributed by atoms with E-state index in [1.54, 1.807) is 37.3 Å². The second-order valence-corrected chi connectivity index (χ2v) is 9.12. The molecule has 0 aliphatic heterocycles. The molecule has 0 fully saturated rings. The van der Waals surface area contributed by atoms with Crippen molar-refractivity contribution in [3.8, 4) is 0 Å². The number of carbonyl (C=O) groups excluding carboxylic acids is 1. The molecule has 0 aliphatic rings. The van der Waals surface area contributed by atoms with E-state index in [1.807, 2.05) is 6.92 Å². The molecule has 0 radical (unpaired) electrons. The summed E-state index contributed by atoms with van der Waals surface area (Å²) in [5, 5.41) is 2.48. The lowest BCUT2D eigenvalue weighted by Crippen LogP contribution is -2.17. The number of rotatable bonds is 5. The molecule has 8 heteroatoms. The van der Waals surface area contributed by atoms with Crippen molar-refractivity contribution < 1.29 is 17.6 Å². The summed E-state index contributed by atoms with van der Waals surface area (Å²) in [4.78, 5) is 12.6. The molecular weight excluding hydrogens is 459 g/mol. The minimum Gasteiger partial charge on any atom is -0.319 e. The number of hydrogen-bond donors (Lipinski definition) is 2.